The lowest BCUT2D eigenvalue weighted by Crippen LogP contribution is -2.30. The van der Waals surface area contributed by atoms with E-state index in [0.29, 0.717) is 12.1 Å². The molecular formula is C16H17BrF2N2. The van der Waals surface area contributed by atoms with Gasteiger partial charge in [0.15, 0.2) is 0 Å². The lowest BCUT2D eigenvalue weighted by molar-refractivity contribution is 0.241. The van der Waals surface area contributed by atoms with Crippen LogP contribution >= 0.6 is 15.9 Å². The molecule has 0 aliphatic rings. The van der Waals surface area contributed by atoms with Crippen LogP contribution in [0, 0.1) is 11.6 Å². The molecule has 0 amide bonds. The van der Waals surface area contributed by atoms with Crippen LogP contribution in [0.4, 0.5) is 8.78 Å². The number of halogens is 3. The maximum absolute atomic E-state index is 13.4. The minimum atomic E-state index is -0.583. The summed E-state index contributed by atoms with van der Waals surface area (Å²) in [7, 11) is 1.89. The molecule has 0 spiro atoms. The fourth-order valence-electron chi connectivity index (χ4n) is 2.33. The molecular weight excluding hydrogens is 338 g/mol. The highest BCUT2D eigenvalue weighted by Crippen LogP contribution is 2.22. The van der Waals surface area contributed by atoms with Gasteiger partial charge in [-0.2, -0.15) is 0 Å². The Labute approximate surface area is 131 Å². The minimum Gasteiger partial charge on any atom is -0.329 e. The van der Waals surface area contributed by atoms with Gasteiger partial charge in [-0.15, -0.1) is 0 Å². The monoisotopic (exact) mass is 354 g/mol. The number of nitrogens with two attached hydrogens (primary N) is 1. The van der Waals surface area contributed by atoms with Gasteiger partial charge in [-0.05, 0) is 42.4 Å². The van der Waals surface area contributed by atoms with Crippen LogP contribution in [0.1, 0.15) is 17.2 Å². The van der Waals surface area contributed by atoms with E-state index in [4.69, 9.17) is 5.73 Å². The molecule has 0 saturated heterocycles. The molecule has 1 atom stereocenters. The molecule has 2 aromatic carbocycles. The van der Waals surface area contributed by atoms with Gasteiger partial charge in [-0.1, -0.05) is 28.1 Å². The van der Waals surface area contributed by atoms with Gasteiger partial charge in [-0.25, -0.2) is 8.78 Å². The van der Waals surface area contributed by atoms with Gasteiger partial charge in [-0.3, -0.25) is 4.90 Å². The highest BCUT2D eigenvalue weighted by Gasteiger charge is 2.17. The summed E-state index contributed by atoms with van der Waals surface area (Å²) in [5, 5.41) is 0. The largest absolute Gasteiger partial charge is 0.329 e. The molecule has 2 N–H and O–H groups in total. The summed E-state index contributed by atoms with van der Waals surface area (Å²) in [6, 6.07) is 11.2. The van der Waals surface area contributed by atoms with Gasteiger partial charge in [0.1, 0.15) is 11.6 Å². The van der Waals surface area contributed by atoms with Crippen molar-refractivity contribution in [1.82, 2.24) is 4.90 Å². The first-order valence-corrected chi connectivity index (χ1v) is 7.39. The van der Waals surface area contributed by atoms with Gasteiger partial charge in [0.05, 0.1) is 0 Å². The van der Waals surface area contributed by atoms with E-state index >= 15 is 0 Å². The summed E-state index contributed by atoms with van der Waals surface area (Å²) >= 11 is 3.39. The Bertz CT molecular complexity index is 581. The second-order valence-corrected chi connectivity index (χ2v) is 5.91. The summed E-state index contributed by atoms with van der Waals surface area (Å²) in [6.45, 7) is 0.934. The van der Waals surface area contributed by atoms with E-state index in [0.717, 1.165) is 16.1 Å². The predicted octanol–water partition coefficient (Wildman–Crippen LogP) is 3.86. The van der Waals surface area contributed by atoms with E-state index in [1.54, 1.807) is 0 Å². The van der Waals surface area contributed by atoms with Crippen molar-refractivity contribution in [3.05, 3.63) is 69.7 Å². The molecule has 5 heteroatoms. The van der Waals surface area contributed by atoms with E-state index in [1.165, 1.54) is 12.1 Å². The molecule has 0 aliphatic carbocycles. The van der Waals surface area contributed by atoms with Crippen LogP contribution in [0.2, 0.25) is 0 Å². The van der Waals surface area contributed by atoms with Crippen molar-refractivity contribution in [3.63, 3.8) is 0 Å². The quantitative estimate of drug-likeness (QED) is 0.883. The highest BCUT2D eigenvalue weighted by molar-refractivity contribution is 9.10. The maximum atomic E-state index is 13.4. The van der Waals surface area contributed by atoms with E-state index in [-0.39, 0.29) is 12.6 Å². The molecule has 21 heavy (non-hydrogen) atoms. The Hall–Kier alpha value is -1.30. The second-order valence-electron chi connectivity index (χ2n) is 5.00. The van der Waals surface area contributed by atoms with Gasteiger partial charge in [0.2, 0.25) is 0 Å². The van der Waals surface area contributed by atoms with E-state index in [1.807, 2.05) is 36.2 Å². The van der Waals surface area contributed by atoms with Crippen molar-refractivity contribution in [3.8, 4) is 0 Å². The normalized spacial score (nSPS) is 12.7. The summed E-state index contributed by atoms with van der Waals surface area (Å²) in [6.07, 6.45) is 0. The number of hydrogen-bond donors (Lipinski definition) is 1. The third-order valence-electron chi connectivity index (χ3n) is 3.37. The van der Waals surface area contributed by atoms with Crippen LogP contribution in [-0.4, -0.2) is 18.5 Å². The number of likely N-dealkylation sites (N-methyl/N-ethyl adjacent to an activating group) is 1. The molecule has 0 fully saturated rings. The van der Waals surface area contributed by atoms with Crippen LogP contribution < -0.4 is 5.73 Å². The molecule has 1 unspecified atom stereocenters. The topological polar surface area (TPSA) is 29.3 Å². The zero-order chi connectivity index (χ0) is 15.4. The van der Waals surface area contributed by atoms with Gasteiger partial charge >= 0.3 is 0 Å². The van der Waals surface area contributed by atoms with Crippen LogP contribution in [0.25, 0.3) is 0 Å². The molecule has 2 nitrogen and oxygen atoms in total. The minimum absolute atomic E-state index is 0.237. The Morgan fingerprint density at radius 2 is 1.67 bits per heavy atom. The predicted molar refractivity (Wildman–Crippen MR) is 83.8 cm³/mol. The first-order chi connectivity index (χ1) is 9.99. The van der Waals surface area contributed by atoms with Crippen molar-refractivity contribution in [2.45, 2.75) is 12.6 Å². The Morgan fingerprint density at radius 3 is 2.19 bits per heavy atom. The van der Waals surface area contributed by atoms with Crippen LogP contribution in [0.15, 0.2) is 46.9 Å². The smallest absolute Gasteiger partial charge is 0.126 e. The summed E-state index contributed by atoms with van der Waals surface area (Å²) in [5.41, 5.74) is 7.45. The third kappa shape index (κ3) is 4.33. The van der Waals surface area contributed by atoms with Crippen molar-refractivity contribution < 1.29 is 8.78 Å². The van der Waals surface area contributed by atoms with Crippen molar-refractivity contribution in [1.29, 1.82) is 0 Å². The van der Waals surface area contributed by atoms with Crippen molar-refractivity contribution in [2.24, 2.45) is 5.73 Å². The molecule has 112 valence electrons. The number of hydrogen-bond acceptors (Lipinski definition) is 2. The van der Waals surface area contributed by atoms with Gasteiger partial charge in [0.25, 0.3) is 0 Å². The average molecular weight is 355 g/mol. The van der Waals surface area contributed by atoms with E-state index < -0.39 is 11.6 Å². The molecule has 2 aromatic rings. The third-order valence-corrected chi connectivity index (χ3v) is 3.90. The maximum Gasteiger partial charge on any atom is 0.126 e. The Morgan fingerprint density at radius 1 is 1.10 bits per heavy atom. The lowest BCUT2D eigenvalue weighted by atomic mass is 10.0. The van der Waals surface area contributed by atoms with Crippen LogP contribution in [0.3, 0.4) is 0 Å². The molecule has 0 radical (unpaired) electrons. The number of nitrogens with zero attached hydrogens (tertiary/aromatic N) is 1. The van der Waals surface area contributed by atoms with Gasteiger partial charge < -0.3 is 5.73 Å². The Balaban J connectivity index is 2.17. The van der Waals surface area contributed by atoms with E-state index in [2.05, 4.69) is 15.9 Å². The number of rotatable bonds is 5. The zero-order valence-electron chi connectivity index (χ0n) is 11.7. The van der Waals surface area contributed by atoms with Crippen molar-refractivity contribution >= 4 is 15.9 Å². The van der Waals surface area contributed by atoms with E-state index in [9.17, 15) is 8.78 Å². The zero-order valence-corrected chi connectivity index (χ0v) is 13.3. The van der Waals surface area contributed by atoms with Gasteiger partial charge in [0, 0.05) is 29.7 Å². The summed E-state index contributed by atoms with van der Waals surface area (Å²) in [4.78, 5) is 1.98. The van der Waals surface area contributed by atoms with Crippen LogP contribution in [-0.2, 0) is 6.54 Å². The average Bonchev–Trinajstić information content (AvgIpc) is 2.41. The number of benzene rings is 2. The summed E-state index contributed by atoms with van der Waals surface area (Å²) < 4.78 is 27.7. The lowest BCUT2D eigenvalue weighted by Gasteiger charge is -2.27. The molecule has 0 bridgehead atoms. The fourth-order valence-corrected chi connectivity index (χ4v) is 2.59. The molecule has 0 aromatic heterocycles. The first kappa shape index (κ1) is 16.1. The fraction of sp³-hybridized carbons (Fsp3) is 0.250. The summed E-state index contributed by atoms with van der Waals surface area (Å²) in [5.74, 6) is -1.17. The molecule has 0 aliphatic heterocycles. The molecule has 0 saturated carbocycles. The van der Waals surface area contributed by atoms with Crippen LogP contribution in [0.5, 0.6) is 0 Å². The molecule has 2 rings (SSSR count). The highest BCUT2D eigenvalue weighted by atomic mass is 79.9. The molecule has 0 heterocycles. The first-order valence-electron chi connectivity index (χ1n) is 6.60. The SMILES string of the molecule is CN(Cc1ccc(Br)cc1)C(CN)c1cc(F)cc(F)c1. The Kier molecular flexibility index (Phi) is 5.45. The van der Waals surface area contributed by atoms with Crippen molar-refractivity contribution in [2.75, 3.05) is 13.6 Å². The second kappa shape index (κ2) is 7.11. The standard InChI is InChI=1S/C16H17BrF2N2/c1-21(10-11-2-4-13(17)5-3-11)16(9-20)12-6-14(18)8-15(19)7-12/h2-8,16H,9-10,20H2,1H3.